The number of hydrogen-bond acceptors (Lipinski definition) is 3. The van der Waals surface area contributed by atoms with E-state index in [1.165, 1.54) is 12.1 Å². The molecule has 0 aliphatic heterocycles. The first-order valence-corrected chi connectivity index (χ1v) is 9.73. The van der Waals surface area contributed by atoms with Gasteiger partial charge in [-0.15, -0.1) is 0 Å². The first-order chi connectivity index (χ1) is 13.1. The van der Waals surface area contributed by atoms with Gasteiger partial charge in [-0.05, 0) is 35.9 Å². The maximum Gasteiger partial charge on any atom is 0.209 e. The molecule has 0 spiro atoms. The number of sulfone groups is 1. The molecule has 0 atom stereocenters. The predicted molar refractivity (Wildman–Crippen MR) is 101 cm³/mol. The van der Waals surface area contributed by atoms with E-state index in [0.717, 1.165) is 0 Å². The van der Waals surface area contributed by atoms with Crippen molar-refractivity contribution in [1.29, 1.82) is 0 Å². The summed E-state index contributed by atoms with van der Waals surface area (Å²) in [7, 11) is -3.83. The Labute approximate surface area is 156 Å². The van der Waals surface area contributed by atoms with Crippen LogP contribution in [0.15, 0.2) is 101 Å². The van der Waals surface area contributed by atoms with E-state index in [4.69, 9.17) is 0 Å². The number of rotatable bonds is 4. The van der Waals surface area contributed by atoms with E-state index >= 15 is 0 Å². The van der Waals surface area contributed by atoms with E-state index in [0.29, 0.717) is 16.8 Å². The molecular weight excluding hydrogens is 363 g/mol. The molecule has 6 heteroatoms. The molecule has 0 bridgehead atoms. The van der Waals surface area contributed by atoms with Crippen LogP contribution in [0.25, 0.3) is 16.8 Å². The van der Waals surface area contributed by atoms with Crippen LogP contribution in [0.4, 0.5) is 4.39 Å². The van der Waals surface area contributed by atoms with Crippen molar-refractivity contribution in [2.45, 2.75) is 9.79 Å². The van der Waals surface area contributed by atoms with Gasteiger partial charge in [-0.25, -0.2) is 17.8 Å². The largest absolute Gasteiger partial charge is 0.305 e. The van der Waals surface area contributed by atoms with Crippen LogP contribution in [-0.4, -0.2) is 18.0 Å². The van der Waals surface area contributed by atoms with Gasteiger partial charge in [0.15, 0.2) is 0 Å². The van der Waals surface area contributed by atoms with E-state index < -0.39 is 9.84 Å². The highest BCUT2D eigenvalue weighted by Crippen LogP contribution is 2.33. The average molecular weight is 378 g/mol. The molecule has 0 N–H and O–H groups in total. The van der Waals surface area contributed by atoms with Gasteiger partial charge in [0.25, 0.3) is 0 Å². The molecule has 3 aromatic carbocycles. The molecule has 27 heavy (non-hydrogen) atoms. The highest BCUT2D eigenvalue weighted by atomic mass is 32.2. The number of halogens is 1. The normalized spacial score (nSPS) is 11.4. The van der Waals surface area contributed by atoms with Crippen LogP contribution in [0, 0.1) is 5.82 Å². The van der Waals surface area contributed by atoms with Crippen molar-refractivity contribution < 1.29 is 12.8 Å². The lowest BCUT2D eigenvalue weighted by Gasteiger charge is -2.14. The standard InChI is InChI=1S/C21H15FN2O2S/c22-17-11-9-16(10-12-17)18-5-1-3-7-20(18)27(25,26)21-8-4-2-6-19(21)24-14-13-23-15-24/h1-15H. The van der Waals surface area contributed by atoms with Crippen LogP contribution in [0.2, 0.25) is 0 Å². The van der Waals surface area contributed by atoms with E-state index in [1.54, 1.807) is 84.0 Å². The van der Waals surface area contributed by atoms with Crippen LogP contribution in [0.1, 0.15) is 0 Å². The fourth-order valence-corrected chi connectivity index (χ4v) is 4.66. The van der Waals surface area contributed by atoms with Crippen molar-refractivity contribution in [2.24, 2.45) is 0 Å². The summed E-state index contributed by atoms with van der Waals surface area (Å²) >= 11 is 0. The molecule has 4 rings (SSSR count). The van der Waals surface area contributed by atoms with Crippen molar-refractivity contribution in [1.82, 2.24) is 9.55 Å². The van der Waals surface area contributed by atoms with Gasteiger partial charge < -0.3 is 4.57 Å². The third-order valence-electron chi connectivity index (χ3n) is 4.27. The third kappa shape index (κ3) is 3.15. The zero-order valence-corrected chi connectivity index (χ0v) is 15.0. The molecule has 0 radical (unpaired) electrons. The minimum absolute atomic E-state index is 0.171. The van der Waals surface area contributed by atoms with E-state index in [2.05, 4.69) is 4.98 Å². The Morgan fingerprint density at radius 2 is 1.48 bits per heavy atom. The lowest BCUT2D eigenvalue weighted by atomic mass is 10.1. The Morgan fingerprint density at radius 3 is 2.19 bits per heavy atom. The fraction of sp³-hybridized carbons (Fsp3) is 0. The smallest absolute Gasteiger partial charge is 0.209 e. The molecule has 4 aromatic rings. The zero-order valence-electron chi connectivity index (χ0n) is 14.2. The minimum Gasteiger partial charge on any atom is -0.305 e. The van der Waals surface area contributed by atoms with Crippen molar-refractivity contribution in [2.75, 3.05) is 0 Å². The molecule has 1 aromatic heterocycles. The number of para-hydroxylation sites is 1. The van der Waals surface area contributed by atoms with E-state index in [-0.39, 0.29) is 15.6 Å². The number of imidazole rings is 1. The van der Waals surface area contributed by atoms with E-state index in [1.807, 2.05) is 0 Å². The van der Waals surface area contributed by atoms with Crippen LogP contribution in [0.3, 0.4) is 0 Å². The second-order valence-electron chi connectivity index (χ2n) is 5.94. The summed E-state index contributed by atoms with van der Waals surface area (Å²) in [5.41, 5.74) is 1.68. The van der Waals surface area contributed by atoms with Crippen LogP contribution < -0.4 is 0 Å². The maximum absolute atomic E-state index is 13.5. The van der Waals surface area contributed by atoms with Crippen molar-refractivity contribution in [3.8, 4) is 16.8 Å². The lowest BCUT2D eigenvalue weighted by Crippen LogP contribution is -2.08. The van der Waals surface area contributed by atoms with Crippen molar-refractivity contribution in [3.63, 3.8) is 0 Å². The first kappa shape index (κ1) is 17.2. The quantitative estimate of drug-likeness (QED) is 0.525. The van der Waals surface area contributed by atoms with Gasteiger partial charge in [-0.1, -0.05) is 42.5 Å². The van der Waals surface area contributed by atoms with Crippen LogP contribution in [0.5, 0.6) is 0 Å². The Hall–Kier alpha value is -3.25. The summed E-state index contributed by atoms with van der Waals surface area (Å²) in [6.07, 6.45) is 4.84. The van der Waals surface area contributed by atoms with Crippen molar-refractivity contribution >= 4 is 9.84 Å². The van der Waals surface area contributed by atoms with E-state index in [9.17, 15) is 12.8 Å². The minimum atomic E-state index is -3.83. The first-order valence-electron chi connectivity index (χ1n) is 8.25. The van der Waals surface area contributed by atoms with Crippen LogP contribution in [-0.2, 0) is 9.84 Å². The second kappa shape index (κ2) is 6.81. The molecule has 0 fully saturated rings. The Balaban J connectivity index is 1.92. The van der Waals surface area contributed by atoms with Gasteiger partial charge in [-0.2, -0.15) is 0 Å². The zero-order chi connectivity index (χ0) is 18.9. The Kier molecular flexibility index (Phi) is 4.33. The SMILES string of the molecule is O=S(=O)(c1ccccc1-c1ccc(F)cc1)c1ccccc1-n1ccnc1. The highest BCUT2D eigenvalue weighted by Gasteiger charge is 2.25. The molecule has 0 aliphatic rings. The second-order valence-corrected chi connectivity index (χ2v) is 7.83. The molecule has 1 heterocycles. The number of benzene rings is 3. The summed E-state index contributed by atoms with van der Waals surface area (Å²) in [5, 5.41) is 0. The number of aromatic nitrogens is 2. The summed E-state index contributed by atoms with van der Waals surface area (Å²) in [6.45, 7) is 0. The Bertz CT molecular complexity index is 1190. The molecule has 4 nitrogen and oxygen atoms in total. The summed E-state index contributed by atoms with van der Waals surface area (Å²) in [6, 6.07) is 19.3. The third-order valence-corrected chi connectivity index (χ3v) is 6.13. The lowest BCUT2D eigenvalue weighted by molar-refractivity contribution is 0.596. The van der Waals surface area contributed by atoms with Gasteiger partial charge in [0.1, 0.15) is 5.82 Å². The summed E-state index contributed by atoms with van der Waals surface area (Å²) < 4.78 is 42.0. The Morgan fingerprint density at radius 1 is 0.815 bits per heavy atom. The summed E-state index contributed by atoms with van der Waals surface area (Å²) in [5.74, 6) is -0.371. The van der Waals surface area contributed by atoms with Gasteiger partial charge in [-0.3, -0.25) is 0 Å². The topological polar surface area (TPSA) is 52.0 Å². The highest BCUT2D eigenvalue weighted by molar-refractivity contribution is 7.91. The predicted octanol–water partition coefficient (Wildman–Crippen LogP) is 4.51. The molecule has 0 saturated heterocycles. The number of hydrogen-bond donors (Lipinski definition) is 0. The molecule has 0 saturated carbocycles. The van der Waals surface area contributed by atoms with Crippen LogP contribution >= 0.6 is 0 Å². The number of nitrogens with zero attached hydrogens (tertiary/aromatic N) is 2. The summed E-state index contributed by atoms with van der Waals surface area (Å²) in [4.78, 5) is 4.35. The monoisotopic (exact) mass is 378 g/mol. The van der Waals surface area contributed by atoms with Gasteiger partial charge in [0.05, 0.1) is 21.8 Å². The maximum atomic E-state index is 13.5. The van der Waals surface area contributed by atoms with Crippen molar-refractivity contribution in [3.05, 3.63) is 97.3 Å². The van der Waals surface area contributed by atoms with Gasteiger partial charge >= 0.3 is 0 Å². The fourth-order valence-electron chi connectivity index (χ4n) is 2.99. The van der Waals surface area contributed by atoms with Gasteiger partial charge in [0, 0.05) is 18.0 Å². The van der Waals surface area contributed by atoms with Gasteiger partial charge in [0.2, 0.25) is 9.84 Å². The average Bonchev–Trinajstić information content (AvgIpc) is 3.23. The molecule has 134 valence electrons. The molecule has 0 unspecified atom stereocenters. The molecular formula is C21H15FN2O2S. The molecule has 0 aliphatic carbocycles. The molecule has 0 amide bonds.